The summed E-state index contributed by atoms with van der Waals surface area (Å²) in [6.07, 6.45) is 4.73. The molecule has 2 N–H and O–H groups in total. The minimum atomic E-state index is -1.64. The number of ether oxygens (including phenoxy) is 1. The molecular formula is C11H18O5. The summed E-state index contributed by atoms with van der Waals surface area (Å²) in [7, 11) is 0. The normalized spacial score (nSPS) is 12.7. The predicted octanol–water partition coefficient (Wildman–Crippen LogP) is 0.546. The summed E-state index contributed by atoms with van der Waals surface area (Å²) in [5.74, 6) is -1.78. The van der Waals surface area contributed by atoms with Crippen LogP contribution in [0.15, 0.2) is 12.2 Å². The van der Waals surface area contributed by atoms with Crippen molar-refractivity contribution in [1.82, 2.24) is 0 Å². The Balaban J connectivity index is 3.66. The molecule has 0 saturated heterocycles. The highest BCUT2D eigenvalue weighted by molar-refractivity contribution is 5.87. The van der Waals surface area contributed by atoms with Gasteiger partial charge in [0.2, 0.25) is 0 Å². The molecule has 0 fully saturated rings. The van der Waals surface area contributed by atoms with E-state index in [9.17, 15) is 9.59 Å². The zero-order valence-corrected chi connectivity index (χ0v) is 9.39. The Hall–Kier alpha value is -1.20. The summed E-state index contributed by atoms with van der Waals surface area (Å²) in [6, 6.07) is 0. The quantitative estimate of drug-likeness (QED) is 0.289. The van der Waals surface area contributed by atoms with E-state index in [1.54, 1.807) is 0 Å². The Labute approximate surface area is 94.7 Å². The summed E-state index contributed by atoms with van der Waals surface area (Å²) < 4.78 is 4.30. The summed E-state index contributed by atoms with van der Waals surface area (Å²) in [5.41, 5.74) is 0. The first kappa shape index (κ1) is 14.8. The van der Waals surface area contributed by atoms with Crippen LogP contribution in [0.4, 0.5) is 0 Å². The first-order chi connectivity index (χ1) is 7.61. The largest absolute Gasteiger partial charge is 0.393 e. The van der Waals surface area contributed by atoms with E-state index in [1.165, 1.54) is 0 Å². The molecule has 16 heavy (non-hydrogen) atoms. The van der Waals surface area contributed by atoms with E-state index in [2.05, 4.69) is 4.74 Å². The first-order valence-electron chi connectivity index (χ1n) is 5.30. The van der Waals surface area contributed by atoms with Crippen LogP contribution in [0.5, 0.6) is 0 Å². The van der Waals surface area contributed by atoms with E-state index in [0.717, 1.165) is 12.8 Å². The molecule has 1 atom stereocenters. The van der Waals surface area contributed by atoms with E-state index >= 15 is 0 Å². The summed E-state index contributed by atoms with van der Waals surface area (Å²) in [4.78, 5) is 21.9. The first-order valence-corrected chi connectivity index (χ1v) is 5.30. The third-order valence-electron chi connectivity index (χ3n) is 1.81. The highest BCUT2D eigenvalue weighted by atomic mass is 16.6. The van der Waals surface area contributed by atoms with Crippen molar-refractivity contribution in [2.75, 3.05) is 6.61 Å². The number of aliphatic hydroxyl groups is 2. The van der Waals surface area contributed by atoms with Gasteiger partial charge in [-0.1, -0.05) is 19.1 Å². The number of esters is 2. The number of allylic oxidation sites excluding steroid dienone is 2. The van der Waals surface area contributed by atoms with E-state index in [0.29, 0.717) is 6.42 Å². The molecule has 0 aromatic heterocycles. The van der Waals surface area contributed by atoms with Gasteiger partial charge in [-0.15, -0.1) is 0 Å². The lowest BCUT2D eigenvalue weighted by atomic mass is 10.2. The fourth-order valence-electron chi connectivity index (χ4n) is 0.955. The highest BCUT2D eigenvalue weighted by Gasteiger charge is 2.18. The smallest absolute Gasteiger partial charge is 0.345 e. The number of aliphatic hydroxyl groups excluding tert-OH is 2. The maximum absolute atomic E-state index is 11.0. The third-order valence-corrected chi connectivity index (χ3v) is 1.81. The van der Waals surface area contributed by atoms with Gasteiger partial charge in [-0.05, 0) is 19.3 Å². The number of hydrogen-bond acceptors (Lipinski definition) is 5. The van der Waals surface area contributed by atoms with Gasteiger partial charge < -0.3 is 14.9 Å². The van der Waals surface area contributed by atoms with Crippen molar-refractivity contribution in [2.45, 2.75) is 38.7 Å². The van der Waals surface area contributed by atoms with Crippen molar-refractivity contribution in [2.24, 2.45) is 0 Å². The molecule has 0 aliphatic heterocycles. The second kappa shape index (κ2) is 9.06. The maximum Gasteiger partial charge on any atom is 0.345 e. The van der Waals surface area contributed by atoms with Gasteiger partial charge in [-0.25, -0.2) is 4.79 Å². The minimum Gasteiger partial charge on any atom is -0.393 e. The van der Waals surface area contributed by atoms with Gasteiger partial charge in [0.05, 0.1) is 6.61 Å². The lowest BCUT2D eigenvalue weighted by molar-refractivity contribution is -0.167. The van der Waals surface area contributed by atoms with Gasteiger partial charge in [0.1, 0.15) is 0 Å². The van der Waals surface area contributed by atoms with Crippen LogP contribution < -0.4 is 0 Å². The molecule has 92 valence electrons. The van der Waals surface area contributed by atoms with Gasteiger partial charge >= 0.3 is 11.9 Å². The van der Waals surface area contributed by atoms with Crippen molar-refractivity contribution < 1.29 is 24.5 Å². The van der Waals surface area contributed by atoms with Crippen LogP contribution in [-0.2, 0) is 14.3 Å². The van der Waals surface area contributed by atoms with Crippen LogP contribution in [0.25, 0.3) is 0 Å². The van der Waals surface area contributed by atoms with Crippen molar-refractivity contribution in [1.29, 1.82) is 0 Å². The molecule has 0 rings (SSSR count). The van der Waals surface area contributed by atoms with Crippen LogP contribution in [0.3, 0.4) is 0 Å². The molecule has 0 radical (unpaired) electrons. The van der Waals surface area contributed by atoms with Crippen LogP contribution >= 0.6 is 0 Å². The van der Waals surface area contributed by atoms with E-state index < -0.39 is 24.6 Å². The Morgan fingerprint density at radius 1 is 1.38 bits per heavy atom. The molecule has 1 unspecified atom stereocenters. The number of hydrogen-bond donors (Lipinski definition) is 2. The molecular weight excluding hydrogens is 212 g/mol. The van der Waals surface area contributed by atoms with Gasteiger partial charge in [-0.3, -0.25) is 4.79 Å². The van der Waals surface area contributed by atoms with Gasteiger partial charge in [-0.2, -0.15) is 0 Å². The average molecular weight is 230 g/mol. The van der Waals surface area contributed by atoms with Crippen molar-refractivity contribution in [3.63, 3.8) is 0 Å². The fraction of sp³-hybridized carbons (Fsp3) is 0.636. The minimum absolute atomic E-state index is 0.123. The van der Waals surface area contributed by atoms with Gasteiger partial charge in [0.25, 0.3) is 0 Å². The van der Waals surface area contributed by atoms with Crippen molar-refractivity contribution in [3.8, 4) is 0 Å². The SMILES string of the molecule is CC/C=C\CCCC(=O)OC(=O)C(O)CO. The average Bonchev–Trinajstić information content (AvgIpc) is 2.27. The number of carbonyl (C=O) groups excluding carboxylic acids is 2. The van der Waals surface area contributed by atoms with Crippen molar-refractivity contribution in [3.05, 3.63) is 12.2 Å². The Kier molecular flexibility index (Phi) is 8.38. The zero-order valence-electron chi connectivity index (χ0n) is 9.39. The molecule has 0 saturated carbocycles. The molecule has 0 aromatic rings. The van der Waals surface area contributed by atoms with Crippen LogP contribution in [0.2, 0.25) is 0 Å². The topological polar surface area (TPSA) is 83.8 Å². The summed E-state index contributed by atoms with van der Waals surface area (Å²) in [5, 5.41) is 17.2. The number of rotatable bonds is 7. The van der Waals surface area contributed by atoms with E-state index in [1.807, 2.05) is 19.1 Å². The highest BCUT2D eigenvalue weighted by Crippen LogP contribution is 2.00. The Morgan fingerprint density at radius 2 is 2.06 bits per heavy atom. The molecule has 0 aliphatic carbocycles. The molecule has 5 heteroatoms. The molecule has 0 bridgehead atoms. The summed E-state index contributed by atoms with van der Waals surface area (Å²) in [6.45, 7) is 1.27. The lowest BCUT2D eigenvalue weighted by Gasteiger charge is -2.05. The second-order valence-corrected chi connectivity index (χ2v) is 3.26. The number of carbonyl (C=O) groups is 2. The monoisotopic (exact) mass is 230 g/mol. The van der Waals surface area contributed by atoms with E-state index in [-0.39, 0.29) is 6.42 Å². The lowest BCUT2D eigenvalue weighted by Crippen LogP contribution is -2.28. The molecule has 5 nitrogen and oxygen atoms in total. The second-order valence-electron chi connectivity index (χ2n) is 3.26. The fourth-order valence-corrected chi connectivity index (χ4v) is 0.955. The van der Waals surface area contributed by atoms with Gasteiger partial charge in [0, 0.05) is 6.42 Å². The molecule has 0 amide bonds. The van der Waals surface area contributed by atoms with Gasteiger partial charge in [0.15, 0.2) is 6.10 Å². The third kappa shape index (κ3) is 7.14. The van der Waals surface area contributed by atoms with E-state index in [4.69, 9.17) is 10.2 Å². The standard InChI is InChI=1S/C11H18O5/c1-2-3-4-5-6-7-10(14)16-11(15)9(13)8-12/h3-4,9,12-13H,2,5-8H2,1H3/b4-3-. The maximum atomic E-state index is 11.0. The van der Waals surface area contributed by atoms with Crippen molar-refractivity contribution >= 4 is 11.9 Å². The van der Waals surface area contributed by atoms with Crippen LogP contribution in [-0.4, -0.2) is 34.9 Å². The summed E-state index contributed by atoms with van der Waals surface area (Å²) >= 11 is 0. The molecule has 0 aromatic carbocycles. The molecule has 0 heterocycles. The Bertz CT molecular complexity index is 247. The number of unbranched alkanes of at least 4 members (excludes halogenated alkanes) is 1. The Morgan fingerprint density at radius 3 is 2.62 bits per heavy atom. The van der Waals surface area contributed by atoms with Crippen LogP contribution in [0.1, 0.15) is 32.6 Å². The zero-order chi connectivity index (χ0) is 12.4. The molecule has 0 aliphatic rings. The van der Waals surface area contributed by atoms with Crippen LogP contribution in [0, 0.1) is 0 Å². The molecule has 0 spiro atoms. The predicted molar refractivity (Wildman–Crippen MR) is 57.5 cm³/mol.